The second-order valence-electron chi connectivity index (χ2n) is 7.71. The summed E-state index contributed by atoms with van der Waals surface area (Å²) in [6.07, 6.45) is 0. The Morgan fingerprint density at radius 3 is 1.04 bits per heavy atom. The first-order valence-corrected chi connectivity index (χ1v) is 16.7. The van der Waals surface area contributed by atoms with Crippen molar-refractivity contribution in [3.05, 3.63) is 41.2 Å². The number of hydrogen-bond donors (Lipinski definition) is 0. The third kappa shape index (κ3) is 4.62. The Bertz CT molecular complexity index is 587. The second kappa shape index (κ2) is 11.0. The average Bonchev–Trinajstić information content (AvgIpc) is 2.94. The van der Waals surface area contributed by atoms with Crippen molar-refractivity contribution in [2.45, 2.75) is 68.5 Å². The smallest absolute Gasteiger partial charge is 0.153 e. The van der Waals surface area contributed by atoms with Gasteiger partial charge in [0, 0.05) is 0 Å². The molecular weight excluding hydrogens is 372 g/mol. The van der Waals surface area contributed by atoms with Gasteiger partial charge in [-0.15, -0.1) is 0 Å². The molecule has 2 atom stereocenters. The molecule has 0 aromatic rings. The van der Waals surface area contributed by atoms with Crippen LogP contribution < -0.4 is 10.2 Å². The fraction of sp³-hybridized carbons (Fsp3) is 0.636. The van der Waals surface area contributed by atoms with Crippen LogP contribution in [0, 0.1) is 11.8 Å². The monoisotopic (exact) mass is 411 g/mol. The molecule has 0 fully saturated rings. The zero-order valence-corrected chi connectivity index (χ0v) is 21.8. The molecule has 0 saturated carbocycles. The predicted molar refractivity (Wildman–Crippen MR) is 111 cm³/mol. The van der Waals surface area contributed by atoms with Crippen molar-refractivity contribution in [3.63, 3.8) is 0 Å². The maximum atomic E-state index is 8.25. The minimum absolute atomic E-state index is 0.657. The first kappa shape index (κ1) is 25.8. The first-order chi connectivity index (χ1) is 12.1. The quantitative estimate of drug-likeness (QED) is 0.658. The molecular formula is C22H39O2SiTi. The van der Waals surface area contributed by atoms with Gasteiger partial charge in [0.2, 0.25) is 0 Å². The van der Waals surface area contributed by atoms with E-state index in [-0.39, 0.29) is 0 Å². The van der Waals surface area contributed by atoms with E-state index in [9.17, 15) is 0 Å². The molecule has 26 heavy (non-hydrogen) atoms. The molecule has 0 spiro atoms. The summed E-state index contributed by atoms with van der Waals surface area (Å²) in [7, 11) is 1.50. The minimum atomic E-state index is -1.32. The molecule has 147 valence electrons. The van der Waals surface area contributed by atoms with Crippen LogP contribution in [0.15, 0.2) is 41.2 Å². The molecule has 2 rings (SSSR count). The fourth-order valence-electron chi connectivity index (χ4n) is 4.37. The van der Waals surface area contributed by atoms with Crippen LogP contribution in [0.1, 0.15) is 55.4 Å². The average molecular weight is 412 g/mol. The van der Waals surface area contributed by atoms with E-state index < -0.39 is 23.8 Å². The van der Waals surface area contributed by atoms with Gasteiger partial charge >= 0.3 is 145 Å². The van der Waals surface area contributed by atoms with Gasteiger partial charge < -0.3 is 10.2 Å². The van der Waals surface area contributed by atoms with Gasteiger partial charge in [0.05, 0.1) is 0 Å². The van der Waals surface area contributed by atoms with E-state index in [1.165, 1.54) is 0 Å². The van der Waals surface area contributed by atoms with Gasteiger partial charge in [0.25, 0.3) is 0 Å². The van der Waals surface area contributed by atoms with E-state index in [1.54, 1.807) is 33.4 Å². The molecule has 2 unspecified atom stereocenters. The molecule has 2 aliphatic rings. The largest absolute Gasteiger partial charge is 0.857 e. The summed E-state index contributed by atoms with van der Waals surface area (Å²) in [4.78, 5) is 0. The fourth-order valence-corrected chi connectivity index (χ4v) is 19.7. The molecule has 0 radical (unpaired) electrons. The van der Waals surface area contributed by atoms with Gasteiger partial charge in [-0.1, -0.05) is 0 Å². The van der Waals surface area contributed by atoms with E-state index in [2.05, 4.69) is 68.5 Å². The predicted octanol–water partition coefficient (Wildman–Crippen LogP) is 4.06. The molecule has 0 amide bonds. The number of allylic oxidation sites excluding steroid dienone is 8. The Kier molecular flexibility index (Phi) is 10.9. The summed E-state index contributed by atoms with van der Waals surface area (Å²) in [6, 6.07) is 0. The number of hydrogen-bond acceptors (Lipinski definition) is 2. The van der Waals surface area contributed by atoms with Gasteiger partial charge in [-0.25, -0.2) is 0 Å². The molecule has 0 aliphatic heterocycles. The van der Waals surface area contributed by atoms with Crippen LogP contribution in [0.2, 0.25) is 13.1 Å². The summed E-state index contributed by atoms with van der Waals surface area (Å²) < 4.78 is 3.83. The Balaban J connectivity index is 0.00000146. The topological polar surface area (TPSA) is 46.1 Å². The van der Waals surface area contributed by atoms with Crippen molar-refractivity contribution >= 4 is 6.66 Å². The normalized spacial score (nSPS) is 22.7. The standard InChI is InChI=1S/2C9H13.C2H7Si.2CH3O.Ti/c2*1-6-5-7(2)9(4)8(6)3;1-3-2;2*1-2;/h2*6H,1-4H3;3H,1-2H3;2*1H3;/q;;;2*-1;+2. The van der Waals surface area contributed by atoms with Gasteiger partial charge in [0.15, 0.2) is 0 Å². The van der Waals surface area contributed by atoms with Crippen LogP contribution >= 0.6 is 0 Å². The maximum Gasteiger partial charge on any atom is -0.153 e. The Morgan fingerprint density at radius 2 is 0.885 bits per heavy atom. The van der Waals surface area contributed by atoms with Gasteiger partial charge in [-0.3, -0.25) is 0 Å². The van der Waals surface area contributed by atoms with Crippen LogP contribution in [0.5, 0.6) is 0 Å². The molecule has 2 nitrogen and oxygen atoms in total. The van der Waals surface area contributed by atoms with Crippen molar-refractivity contribution in [2.75, 3.05) is 14.2 Å². The third-order valence-corrected chi connectivity index (χ3v) is 19.9. The summed E-state index contributed by atoms with van der Waals surface area (Å²) in [5.41, 5.74) is 9.78. The van der Waals surface area contributed by atoms with Crippen LogP contribution in [-0.2, 0) is 17.1 Å². The summed E-state index contributed by atoms with van der Waals surface area (Å²) in [5, 5.41) is 16.5. The molecule has 0 N–H and O–H groups in total. The minimum Gasteiger partial charge on any atom is -0.857 e. The Labute approximate surface area is 169 Å². The van der Waals surface area contributed by atoms with Crippen LogP contribution in [0.3, 0.4) is 0 Å². The zero-order chi connectivity index (χ0) is 20.9. The first-order valence-electron chi connectivity index (χ1n) is 9.57. The van der Waals surface area contributed by atoms with Crippen LogP contribution in [0.25, 0.3) is 0 Å². The van der Waals surface area contributed by atoms with Crippen molar-refractivity contribution in [2.24, 2.45) is 11.8 Å². The molecule has 4 heteroatoms. The molecule has 0 aromatic heterocycles. The zero-order valence-electron chi connectivity index (χ0n) is 19.0. The Morgan fingerprint density at radius 1 is 0.615 bits per heavy atom. The van der Waals surface area contributed by atoms with Crippen molar-refractivity contribution in [1.29, 1.82) is 0 Å². The van der Waals surface area contributed by atoms with Crippen molar-refractivity contribution in [1.82, 2.24) is 0 Å². The maximum absolute atomic E-state index is 8.25. The summed E-state index contributed by atoms with van der Waals surface area (Å²) in [6.45, 7) is 23.7. The summed E-state index contributed by atoms with van der Waals surface area (Å²) in [5.74, 6) is 1.41. The van der Waals surface area contributed by atoms with Gasteiger partial charge in [-0.05, 0) is 0 Å². The van der Waals surface area contributed by atoms with Crippen molar-refractivity contribution < 1.29 is 27.3 Å². The molecule has 0 aromatic carbocycles. The van der Waals surface area contributed by atoms with Crippen LogP contribution in [-0.4, -0.2) is 20.9 Å². The van der Waals surface area contributed by atoms with Crippen LogP contribution in [0.4, 0.5) is 0 Å². The van der Waals surface area contributed by atoms with E-state index in [4.69, 9.17) is 10.2 Å². The van der Waals surface area contributed by atoms with Gasteiger partial charge in [0.1, 0.15) is 0 Å². The van der Waals surface area contributed by atoms with E-state index in [1.807, 2.05) is 7.76 Å². The molecule has 0 bridgehead atoms. The van der Waals surface area contributed by atoms with E-state index >= 15 is 0 Å². The van der Waals surface area contributed by atoms with Gasteiger partial charge in [-0.2, -0.15) is 14.2 Å². The van der Waals surface area contributed by atoms with Crippen molar-refractivity contribution in [3.8, 4) is 0 Å². The summed E-state index contributed by atoms with van der Waals surface area (Å²) >= 11 is -1.32. The van der Waals surface area contributed by atoms with E-state index in [0.29, 0.717) is 11.8 Å². The molecule has 2 aliphatic carbocycles. The molecule has 0 heterocycles. The third-order valence-electron chi connectivity index (χ3n) is 6.44. The molecule has 0 saturated heterocycles. The van der Waals surface area contributed by atoms with E-state index in [0.717, 1.165) is 14.2 Å². The SMILES string of the molecule is CC1=C(C)C(C)[C]([Ti+2]([C]2=C(C)C(C)=C(C)C2C)[SiH](C)C)=C1C.C[O-].C[O-]. The second-order valence-corrected chi connectivity index (χ2v) is 20.8. The Hall–Kier alpha value is -0.189. The number of rotatable bonds is 3.